The summed E-state index contributed by atoms with van der Waals surface area (Å²) in [5.41, 5.74) is 1.50. The van der Waals surface area contributed by atoms with Gasteiger partial charge < -0.3 is 19.7 Å². The van der Waals surface area contributed by atoms with Crippen LogP contribution in [0.4, 0.5) is 5.69 Å². The molecule has 2 aliphatic heterocycles. The molecule has 7 heteroatoms. The first-order chi connectivity index (χ1) is 12.6. The molecule has 2 amide bonds. The number of carbonyl (C=O) groups is 2. The summed E-state index contributed by atoms with van der Waals surface area (Å²) in [6, 6.07) is 10.7. The molecular formula is C19H19N3O4. The molecule has 0 radical (unpaired) electrons. The van der Waals surface area contributed by atoms with Gasteiger partial charge in [0, 0.05) is 30.9 Å². The first-order valence-electron chi connectivity index (χ1n) is 8.53. The number of nitrogens with zero attached hydrogens (tertiary/aromatic N) is 2. The van der Waals surface area contributed by atoms with Crippen molar-refractivity contribution in [3.63, 3.8) is 0 Å². The third kappa shape index (κ3) is 3.08. The van der Waals surface area contributed by atoms with Crippen LogP contribution in [0, 0.1) is 5.92 Å². The van der Waals surface area contributed by atoms with Gasteiger partial charge >= 0.3 is 0 Å². The number of amides is 2. The van der Waals surface area contributed by atoms with Crippen molar-refractivity contribution in [3.8, 4) is 11.5 Å². The van der Waals surface area contributed by atoms with E-state index in [0.29, 0.717) is 23.7 Å². The lowest BCUT2D eigenvalue weighted by Crippen LogP contribution is -2.34. The zero-order valence-electron chi connectivity index (χ0n) is 14.3. The van der Waals surface area contributed by atoms with Crippen LogP contribution in [0.3, 0.4) is 0 Å². The smallest absolute Gasteiger partial charge is 0.231 e. The molecule has 1 saturated heterocycles. The van der Waals surface area contributed by atoms with Gasteiger partial charge in [-0.25, -0.2) is 0 Å². The Morgan fingerprint density at radius 1 is 1.27 bits per heavy atom. The number of anilines is 1. The number of ether oxygens (including phenoxy) is 2. The maximum atomic E-state index is 12.6. The largest absolute Gasteiger partial charge is 0.454 e. The molecule has 0 aliphatic carbocycles. The van der Waals surface area contributed by atoms with Gasteiger partial charge in [0.05, 0.1) is 17.7 Å². The average Bonchev–Trinajstić information content (AvgIpc) is 3.28. The number of benzene rings is 1. The van der Waals surface area contributed by atoms with Crippen LogP contribution in [0.25, 0.3) is 0 Å². The number of hydrogen-bond acceptors (Lipinski definition) is 5. The summed E-state index contributed by atoms with van der Waals surface area (Å²) in [6.07, 6.45) is 1.88. The summed E-state index contributed by atoms with van der Waals surface area (Å²) < 4.78 is 10.7. The van der Waals surface area contributed by atoms with Gasteiger partial charge in [-0.05, 0) is 31.2 Å². The molecular weight excluding hydrogens is 334 g/mol. The van der Waals surface area contributed by atoms with Gasteiger partial charge in [0.2, 0.25) is 18.6 Å². The van der Waals surface area contributed by atoms with Crippen LogP contribution < -0.4 is 19.7 Å². The van der Waals surface area contributed by atoms with Gasteiger partial charge in [0.15, 0.2) is 11.5 Å². The summed E-state index contributed by atoms with van der Waals surface area (Å²) >= 11 is 0. The zero-order chi connectivity index (χ0) is 18.1. The van der Waals surface area contributed by atoms with Crippen molar-refractivity contribution in [2.24, 2.45) is 5.92 Å². The number of fused-ring (bicyclic) bond motifs is 1. The zero-order valence-corrected chi connectivity index (χ0v) is 14.3. The Kier molecular flexibility index (Phi) is 4.20. The van der Waals surface area contributed by atoms with E-state index in [1.54, 1.807) is 23.2 Å². The number of rotatable bonds is 4. The van der Waals surface area contributed by atoms with E-state index in [-0.39, 0.29) is 37.0 Å². The third-order valence-corrected chi connectivity index (χ3v) is 4.65. The van der Waals surface area contributed by atoms with Gasteiger partial charge in [-0.3, -0.25) is 14.6 Å². The van der Waals surface area contributed by atoms with E-state index >= 15 is 0 Å². The Balaban J connectivity index is 1.43. The van der Waals surface area contributed by atoms with Crippen molar-refractivity contribution in [2.75, 3.05) is 18.2 Å². The van der Waals surface area contributed by atoms with E-state index < -0.39 is 0 Å². The van der Waals surface area contributed by atoms with Crippen molar-refractivity contribution in [1.29, 1.82) is 0 Å². The third-order valence-electron chi connectivity index (χ3n) is 4.65. The molecule has 2 aromatic rings. The summed E-state index contributed by atoms with van der Waals surface area (Å²) in [7, 11) is 0. The lowest BCUT2D eigenvalue weighted by atomic mass is 10.1. The second-order valence-corrected chi connectivity index (χ2v) is 6.43. The fourth-order valence-electron chi connectivity index (χ4n) is 3.22. The molecule has 2 aliphatic rings. The van der Waals surface area contributed by atoms with Gasteiger partial charge in [-0.2, -0.15) is 0 Å². The molecule has 4 rings (SSSR count). The van der Waals surface area contributed by atoms with Crippen LogP contribution in [-0.4, -0.2) is 30.1 Å². The average molecular weight is 353 g/mol. The molecule has 1 aromatic heterocycles. The second kappa shape index (κ2) is 6.67. The normalized spacial score (nSPS) is 19.5. The van der Waals surface area contributed by atoms with Crippen molar-refractivity contribution in [1.82, 2.24) is 10.3 Å². The maximum Gasteiger partial charge on any atom is 0.231 e. The highest BCUT2D eigenvalue weighted by Crippen LogP contribution is 2.37. The van der Waals surface area contributed by atoms with Gasteiger partial charge in [0.1, 0.15) is 0 Å². The minimum atomic E-state index is -0.390. The molecule has 0 spiro atoms. The molecule has 7 nitrogen and oxygen atoms in total. The summed E-state index contributed by atoms with van der Waals surface area (Å²) in [4.78, 5) is 30.9. The van der Waals surface area contributed by atoms with E-state index in [1.807, 2.05) is 31.2 Å². The second-order valence-electron chi connectivity index (χ2n) is 6.43. The van der Waals surface area contributed by atoms with Gasteiger partial charge in [-0.1, -0.05) is 6.07 Å². The number of pyridine rings is 1. The molecule has 0 unspecified atom stereocenters. The summed E-state index contributed by atoms with van der Waals surface area (Å²) in [6.45, 7) is 2.41. The number of carbonyl (C=O) groups excluding carboxylic acids is 2. The lowest BCUT2D eigenvalue weighted by molar-refractivity contribution is -0.126. The van der Waals surface area contributed by atoms with Crippen molar-refractivity contribution < 1.29 is 19.1 Å². The van der Waals surface area contributed by atoms with Crippen LogP contribution >= 0.6 is 0 Å². The van der Waals surface area contributed by atoms with Gasteiger partial charge in [0.25, 0.3) is 0 Å². The molecule has 0 saturated carbocycles. The van der Waals surface area contributed by atoms with E-state index in [4.69, 9.17) is 9.47 Å². The Morgan fingerprint density at radius 3 is 2.92 bits per heavy atom. The highest BCUT2D eigenvalue weighted by molar-refractivity contribution is 6.00. The molecule has 134 valence electrons. The SMILES string of the molecule is C[C@@H](NC(=O)[C@@H]1CC(=O)N(c2ccc3c(c2)OCO3)C1)c1ccccn1. The molecule has 0 bridgehead atoms. The predicted molar refractivity (Wildman–Crippen MR) is 93.8 cm³/mol. The van der Waals surface area contributed by atoms with Crippen LogP contribution in [-0.2, 0) is 9.59 Å². The minimum absolute atomic E-state index is 0.0745. The predicted octanol–water partition coefficient (Wildman–Crippen LogP) is 2.04. The van der Waals surface area contributed by atoms with Crippen LogP contribution in [0.2, 0.25) is 0 Å². The summed E-state index contributed by atoms with van der Waals surface area (Å²) in [5, 5.41) is 2.95. The molecule has 1 fully saturated rings. The quantitative estimate of drug-likeness (QED) is 0.910. The molecule has 1 N–H and O–H groups in total. The van der Waals surface area contributed by atoms with Crippen LogP contribution in [0.5, 0.6) is 11.5 Å². The Bertz CT molecular complexity index is 840. The fourth-order valence-corrected chi connectivity index (χ4v) is 3.22. The highest BCUT2D eigenvalue weighted by atomic mass is 16.7. The Morgan fingerprint density at radius 2 is 2.12 bits per heavy atom. The number of aromatic nitrogens is 1. The first kappa shape index (κ1) is 16.4. The van der Waals surface area contributed by atoms with Crippen LogP contribution in [0.15, 0.2) is 42.6 Å². The molecule has 2 atom stereocenters. The van der Waals surface area contributed by atoms with E-state index in [9.17, 15) is 9.59 Å². The fraction of sp³-hybridized carbons (Fsp3) is 0.316. The Hall–Kier alpha value is -3.09. The van der Waals surface area contributed by atoms with Crippen LogP contribution in [0.1, 0.15) is 25.1 Å². The van der Waals surface area contributed by atoms with Gasteiger partial charge in [-0.15, -0.1) is 0 Å². The van der Waals surface area contributed by atoms with E-state index in [1.165, 1.54) is 0 Å². The standard InChI is InChI=1S/C19H19N3O4/c1-12(15-4-2-3-7-20-15)21-19(24)13-8-18(23)22(10-13)14-5-6-16-17(9-14)26-11-25-16/h2-7,9,12-13H,8,10-11H2,1H3,(H,21,24)/t12-,13-/m1/s1. The van der Waals surface area contributed by atoms with E-state index in [2.05, 4.69) is 10.3 Å². The summed E-state index contributed by atoms with van der Waals surface area (Å²) in [5.74, 6) is 0.680. The minimum Gasteiger partial charge on any atom is -0.454 e. The monoisotopic (exact) mass is 353 g/mol. The molecule has 1 aromatic carbocycles. The van der Waals surface area contributed by atoms with E-state index in [0.717, 1.165) is 5.69 Å². The number of hydrogen-bond donors (Lipinski definition) is 1. The molecule has 3 heterocycles. The maximum absolute atomic E-state index is 12.6. The highest BCUT2D eigenvalue weighted by Gasteiger charge is 2.36. The van der Waals surface area contributed by atoms with Crippen molar-refractivity contribution >= 4 is 17.5 Å². The lowest BCUT2D eigenvalue weighted by Gasteiger charge is -2.18. The Labute approximate surface area is 150 Å². The molecule has 26 heavy (non-hydrogen) atoms. The van der Waals surface area contributed by atoms with Crippen molar-refractivity contribution in [2.45, 2.75) is 19.4 Å². The number of nitrogens with one attached hydrogen (secondary N) is 1. The first-order valence-corrected chi connectivity index (χ1v) is 8.53. The van der Waals surface area contributed by atoms with Crippen molar-refractivity contribution in [3.05, 3.63) is 48.3 Å². The topological polar surface area (TPSA) is 80.8 Å².